The van der Waals surface area contributed by atoms with E-state index in [0.29, 0.717) is 33.6 Å². The number of hydrazone groups is 1. The van der Waals surface area contributed by atoms with Gasteiger partial charge < -0.3 is 14.2 Å². The molecule has 0 unspecified atom stereocenters. The van der Waals surface area contributed by atoms with Gasteiger partial charge in [0, 0.05) is 16.3 Å². The SMILES string of the molecule is COc1cc(C=NNC(=O)CSCc2ccc(Cl)cc2)cc(OC)c1OC. The molecule has 0 aliphatic heterocycles. The molecule has 0 radical (unpaired) electrons. The van der Waals surface area contributed by atoms with E-state index in [1.165, 1.54) is 39.3 Å². The monoisotopic (exact) mass is 408 g/mol. The first-order valence-electron chi connectivity index (χ1n) is 8.01. The first kappa shape index (κ1) is 20.9. The Bertz CT molecular complexity index is 772. The molecule has 144 valence electrons. The van der Waals surface area contributed by atoms with Crippen LogP contribution in [0, 0.1) is 0 Å². The van der Waals surface area contributed by atoms with E-state index in [0.717, 1.165) is 11.3 Å². The summed E-state index contributed by atoms with van der Waals surface area (Å²) in [7, 11) is 4.62. The van der Waals surface area contributed by atoms with Crippen LogP contribution in [-0.2, 0) is 10.5 Å². The summed E-state index contributed by atoms with van der Waals surface area (Å²) in [6.45, 7) is 0. The number of benzene rings is 2. The highest BCUT2D eigenvalue weighted by Crippen LogP contribution is 2.37. The topological polar surface area (TPSA) is 69.2 Å². The van der Waals surface area contributed by atoms with Crippen molar-refractivity contribution >= 4 is 35.5 Å². The quantitative estimate of drug-likeness (QED) is 0.505. The number of nitrogens with one attached hydrogen (secondary N) is 1. The van der Waals surface area contributed by atoms with E-state index in [1.807, 2.05) is 24.3 Å². The van der Waals surface area contributed by atoms with Crippen molar-refractivity contribution < 1.29 is 19.0 Å². The van der Waals surface area contributed by atoms with Crippen LogP contribution in [0.15, 0.2) is 41.5 Å². The Kier molecular flexibility index (Phi) is 8.29. The minimum absolute atomic E-state index is 0.183. The zero-order chi connectivity index (χ0) is 19.6. The van der Waals surface area contributed by atoms with E-state index in [2.05, 4.69) is 10.5 Å². The Balaban J connectivity index is 1.87. The molecule has 1 amide bonds. The molecule has 0 aliphatic carbocycles. The van der Waals surface area contributed by atoms with Gasteiger partial charge in [-0.05, 0) is 29.8 Å². The van der Waals surface area contributed by atoms with Gasteiger partial charge in [0.2, 0.25) is 11.7 Å². The lowest BCUT2D eigenvalue weighted by Gasteiger charge is -2.12. The molecule has 0 fully saturated rings. The van der Waals surface area contributed by atoms with Gasteiger partial charge in [0.05, 0.1) is 33.3 Å². The third-order valence-electron chi connectivity index (χ3n) is 3.51. The van der Waals surface area contributed by atoms with Gasteiger partial charge in [0.25, 0.3) is 0 Å². The number of rotatable bonds is 9. The van der Waals surface area contributed by atoms with Crippen molar-refractivity contribution in [3.8, 4) is 17.2 Å². The summed E-state index contributed by atoms with van der Waals surface area (Å²) in [5, 5.41) is 4.67. The van der Waals surface area contributed by atoms with E-state index < -0.39 is 0 Å². The maximum atomic E-state index is 11.9. The Labute approximate surface area is 167 Å². The Morgan fingerprint density at radius 3 is 2.30 bits per heavy atom. The van der Waals surface area contributed by atoms with Gasteiger partial charge in [-0.3, -0.25) is 4.79 Å². The molecule has 0 saturated carbocycles. The molecular formula is C19H21ClN2O4S. The average Bonchev–Trinajstić information content (AvgIpc) is 2.68. The summed E-state index contributed by atoms with van der Waals surface area (Å²) in [5.41, 5.74) is 4.32. The third kappa shape index (κ3) is 6.37. The van der Waals surface area contributed by atoms with Crippen LogP contribution in [0.1, 0.15) is 11.1 Å². The highest BCUT2D eigenvalue weighted by atomic mass is 35.5. The molecule has 8 heteroatoms. The van der Waals surface area contributed by atoms with E-state index in [4.69, 9.17) is 25.8 Å². The van der Waals surface area contributed by atoms with Crippen molar-refractivity contribution in [2.75, 3.05) is 27.1 Å². The molecule has 0 atom stereocenters. The summed E-state index contributed by atoms with van der Waals surface area (Å²) < 4.78 is 15.8. The van der Waals surface area contributed by atoms with Gasteiger partial charge in [-0.2, -0.15) is 5.10 Å². The fourth-order valence-corrected chi connectivity index (χ4v) is 3.14. The molecule has 0 spiro atoms. The number of nitrogens with zero attached hydrogens (tertiary/aromatic N) is 1. The number of amides is 1. The van der Waals surface area contributed by atoms with Crippen molar-refractivity contribution in [1.29, 1.82) is 0 Å². The normalized spacial score (nSPS) is 10.7. The Morgan fingerprint density at radius 2 is 1.74 bits per heavy atom. The molecule has 2 aromatic carbocycles. The summed E-state index contributed by atoms with van der Waals surface area (Å²) >= 11 is 7.35. The minimum Gasteiger partial charge on any atom is -0.493 e. The first-order valence-corrected chi connectivity index (χ1v) is 9.54. The van der Waals surface area contributed by atoms with Gasteiger partial charge in [0.15, 0.2) is 11.5 Å². The van der Waals surface area contributed by atoms with Crippen LogP contribution in [-0.4, -0.2) is 39.2 Å². The largest absolute Gasteiger partial charge is 0.493 e. The van der Waals surface area contributed by atoms with Crippen LogP contribution in [0.5, 0.6) is 17.2 Å². The van der Waals surface area contributed by atoms with Crippen molar-refractivity contribution in [3.05, 3.63) is 52.5 Å². The predicted molar refractivity (Wildman–Crippen MR) is 109 cm³/mol. The predicted octanol–water partition coefficient (Wildman–Crippen LogP) is 3.75. The zero-order valence-corrected chi connectivity index (χ0v) is 16.9. The molecule has 1 N–H and O–H groups in total. The second-order valence-electron chi connectivity index (χ2n) is 5.37. The molecule has 0 heterocycles. The molecule has 2 rings (SSSR count). The lowest BCUT2D eigenvalue weighted by atomic mass is 10.2. The molecule has 0 bridgehead atoms. The smallest absolute Gasteiger partial charge is 0.250 e. The maximum absolute atomic E-state index is 11.9. The summed E-state index contributed by atoms with van der Waals surface area (Å²) in [4.78, 5) is 11.9. The van der Waals surface area contributed by atoms with Crippen LogP contribution < -0.4 is 19.6 Å². The molecule has 0 aliphatic rings. The Morgan fingerprint density at radius 1 is 1.11 bits per heavy atom. The number of methoxy groups -OCH3 is 3. The summed E-state index contributed by atoms with van der Waals surface area (Å²) in [5.74, 6) is 2.37. The second kappa shape index (κ2) is 10.7. The van der Waals surface area contributed by atoms with Gasteiger partial charge in [-0.25, -0.2) is 5.43 Å². The van der Waals surface area contributed by atoms with E-state index in [1.54, 1.807) is 12.1 Å². The molecule has 0 saturated heterocycles. The number of halogens is 1. The van der Waals surface area contributed by atoms with Crippen molar-refractivity contribution in [2.24, 2.45) is 5.10 Å². The highest BCUT2D eigenvalue weighted by Gasteiger charge is 2.12. The maximum Gasteiger partial charge on any atom is 0.250 e. The number of thioether (sulfide) groups is 1. The van der Waals surface area contributed by atoms with E-state index >= 15 is 0 Å². The lowest BCUT2D eigenvalue weighted by Crippen LogP contribution is -2.19. The van der Waals surface area contributed by atoms with Gasteiger partial charge in [-0.15, -0.1) is 11.8 Å². The molecular weight excluding hydrogens is 388 g/mol. The van der Waals surface area contributed by atoms with Gasteiger partial charge in [0.1, 0.15) is 0 Å². The number of ether oxygens (including phenoxy) is 3. The molecule has 0 aromatic heterocycles. The zero-order valence-electron chi connectivity index (χ0n) is 15.3. The number of carbonyl (C=O) groups excluding carboxylic acids is 1. The fourth-order valence-electron chi connectivity index (χ4n) is 2.23. The van der Waals surface area contributed by atoms with Crippen molar-refractivity contribution in [3.63, 3.8) is 0 Å². The van der Waals surface area contributed by atoms with Gasteiger partial charge in [-0.1, -0.05) is 23.7 Å². The van der Waals surface area contributed by atoms with Crippen molar-refractivity contribution in [1.82, 2.24) is 5.43 Å². The van der Waals surface area contributed by atoms with Crippen LogP contribution in [0.3, 0.4) is 0 Å². The molecule has 27 heavy (non-hydrogen) atoms. The molecule has 6 nitrogen and oxygen atoms in total. The summed E-state index contributed by atoms with van der Waals surface area (Å²) in [6.07, 6.45) is 1.52. The minimum atomic E-state index is -0.183. The fraction of sp³-hybridized carbons (Fsp3) is 0.263. The van der Waals surface area contributed by atoms with Crippen LogP contribution in [0.25, 0.3) is 0 Å². The second-order valence-corrected chi connectivity index (χ2v) is 6.79. The first-order chi connectivity index (χ1) is 13.1. The van der Waals surface area contributed by atoms with Crippen LogP contribution in [0.2, 0.25) is 5.02 Å². The number of hydrogen-bond acceptors (Lipinski definition) is 6. The van der Waals surface area contributed by atoms with E-state index in [9.17, 15) is 4.79 Å². The standard InChI is InChI=1S/C19H21ClN2O4S/c1-24-16-8-14(9-17(25-2)19(16)26-3)10-21-22-18(23)12-27-11-13-4-6-15(20)7-5-13/h4-10H,11-12H2,1-3H3,(H,22,23). The van der Waals surface area contributed by atoms with Crippen LogP contribution >= 0.6 is 23.4 Å². The number of carbonyl (C=O) groups is 1. The Hall–Kier alpha value is -2.38. The van der Waals surface area contributed by atoms with E-state index in [-0.39, 0.29) is 5.91 Å². The highest BCUT2D eigenvalue weighted by molar-refractivity contribution is 7.99. The van der Waals surface area contributed by atoms with Crippen LogP contribution in [0.4, 0.5) is 0 Å². The number of hydrogen-bond donors (Lipinski definition) is 1. The van der Waals surface area contributed by atoms with Gasteiger partial charge >= 0.3 is 0 Å². The summed E-state index contributed by atoms with van der Waals surface area (Å²) in [6, 6.07) is 11.0. The van der Waals surface area contributed by atoms with Crippen molar-refractivity contribution in [2.45, 2.75) is 5.75 Å². The third-order valence-corrected chi connectivity index (χ3v) is 4.76. The average molecular weight is 409 g/mol. The lowest BCUT2D eigenvalue weighted by molar-refractivity contribution is -0.118. The molecule has 2 aromatic rings.